The van der Waals surface area contributed by atoms with E-state index in [9.17, 15) is 14.7 Å². The first-order chi connectivity index (χ1) is 12.6. The summed E-state index contributed by atoms with van der Waals surface area (Å²) in [5.74, 6) is -1.12. The van der Waals surface area contributed by atoms with Crippen LogP contribution in [0.3, 0.4) is 0 Å². The third-order valence-corrected chi connectivity index (χ3v) is 5.87. The highest BCUT2D eigenvalue weighted by Gasteiger charge is 2.35. The van der Waals surface area contributed by atoms with Gasteiger partial charge in [0.05, 0.1) is 17.5 Å². The summed E-state index contributed by atoms with van der Waals surface area (Å²) < 4.78 is 1.98. The molecular weight excluding hydrogens is 332 g/mol. The minimum Gasteiger partial charge on any atom is -0.481 e. The van der Waals surface area contributed by atoms with Crippen LogP contribution in [0.2, 0.25) is 0 Å². The first-order valence-corrected chi connectivity index (χ1v) is 9.45. The zero-order chi connectivity index (χ0) is 18.1. The Morgan fingerprint density at radius 2 is 1.77 bits per heavy atom. The van der Waals surface area contributed by atoms with Crippen LogP contribution in [-0.2, 0) is 9.59 Å². The van der Waals surface area contributed by atoms with Gasteiger partial charge in [0.1, 0.15) is 5.52 Å². The first-order valence-electron chi connectivity index (χ1n) is 9.45. The smallest absolute Gasteiger partial charge is 0.306 e. The van der Waals surface area contributed by atoms with E-state index < -0.39 is 5.97 Å². The Morgan fingerprint density at radius 1 is 1.04 bits per heavy atom. The van der Waals surface area contributed by atoms with Gasteiger partial charge in [0.2, 0.25) is 5.91 Å². The molecule has 26 heavy (non-hydrogen) atoms. The van der Waals surface area contributed by atoms with Crippen molar-refractivity contribution in [2.75, 3.05) is 13.1 Å². The fourth-order valence-corrected chi connectivity index (χ4v) is 4.38. The molecule has 7 nitrogen and oxygen atoms in total. The average molecular weight is 356 g/mol. The number of aromatic nitrogens is 3. The molecule has 2 atom stereocenters. The predicted molar refractivity (Wildman–Crippen MR) is 95.5 cm³/mol. The normalized spacial score (nSPS) is 24.7. The van der Waals surface area contributed by atoms with E-state index in [1.807, 2.05) is 33.8 Å². The van der Waals surface area contributed by atoms with Crippen molar-refractivity contribution in [3.63, 3.8) is 0 Å². The van der Waals surface area contributed by atoms with Gasteiger partial charge in [0, 0.05) is 19.0 Å². The molecular formula is C19H24N4O3. The highest BCUT2D eigenvalue weighted by molar-refractivity contribution is 5.80. The number of hydrogen-bond acceptors (Lipinski definition) is 4. The van der Waals surface area contributed by atoms with Crippen molar-refractivity contribution in [2.45, 2.75) is 44.6 Å². The van der Waals surface area contributed by atoms with Crippen LogP contribution in [0.5, 0.6) is 0 Å². The summed E-state index contributed by atoms with van der Waals surface area (Å²) in [5, 5.41) is 17.8. The predicted octanol–water partition coefficient (Wildman–Crippen LogP) is 2.49. The lowest BCUT2D eigenvalue weighted by molar-refractivity contribution is -0.145. The van der Waals surface area contributed by atoms with Gasteiger partial charge in [-0.3, -0.25) is 9.59 Å². The van der Waals surface area contributed by atoms with Crippen molar-refractivity contribution in [1.29, 1.82) is 0 Å². The summed E-state index contributed by atoms with van der Waals surface area (Å²) in [4.78, 5) is 26.0. The van der Waals surface area contributed by atoms with Crippen LogP contribution in [0.4, 0.5) is 0 Å². The van der Waals surface area contributed by atoms with Gasteiger partial charge in [0.25, 0.3) is 0 Å². The molecule has 4 rings (SSSR count). The topological polar surface area (TPSA) is 88.3 Å². The third kappa shape index (κ3) is 3.18. The van der Waals surface area contributed by atoms with E-state index in [0.29, 0.717) is 25.9 Å². The lowest BCUT2D eigenvalue weighted by Crippen LogP contribution is -2.43. The molecule has 1 saturated heterocycles. The number of aliphatic carboxylic acids is 1. The highest BCUT2D eigenvalue weighted by atomic mass is 16.4. The maximum absolute atomic E-state index is 12.8. The van der Waals surface area contributed by atoms with Gasteiger partial charge >= 0.3 is 5.97 Å². The van der Waals surface area contributed by atoms with Gasteiger partial charge in [-0.1, -0.05) is 23.8 Å². The number of likely N-dealkylation sites (tertiary alicyclic amines) is 1. The second-order valence-electron chi connectivity index (χ2n) is 7.48. The van der Waals surface area contributed by atoms with Gasteiger partial charge in [-0.25, -0.2) is 4.68 Å². The second kappa shape index (κ2) is 7.05. The number of carboxylic acid groups (broad SMARTS) is 1. The van der Waals surface area contributed by atoms with Crippen molar-refractivity contribution >= 4 is 22.9 Å². The Morgan fingerprint density at radius 3 is 2.54 bits per heavy atom. The molecule has 1 aromatic heterocycles. The molecule has 2 aromatic rings. The molecule has 1 aliphatic heterocycles. The minimum atomic E-state index is -0.765. The highest BCUT2D eigenvalue weighted by Crippen LogP contribution is 2.32. The molecule has 2 aliphatic rings. The number of nitrogens with zero attached hydrogens (tertiary/aromatic N) is 4. The van der Waals surface area contributed by atoms with Crippen molar-refractivity contribution in [3.05, 3.63) is 24.3 Å². The molecule has 0 bridgehead atoms. The molecule has 0 unspecified atom stereocenters. The summed E-state index contributed by atoms with van der Waals surface area (Å²) >= 11 is 0. The zero-order valence-corrected chi connectivity index (χ0v) is 14.8. The third-order valence-electron chi connectivity index (χ3n) is 5.87. The monoisotopic (exact) mass is 356 g/mol. The molecule has 1 aromatic carbocycles. The summed E-state index contributed by atoms with van der Waals surface area (Å²) in [7, 11) is 0. The van der Waals surface area contributed by atoms with Crippen LogP contribution in [0.15, 0.2) is 24.3 Å². The summed E-state index contributed by atoms with van der Waals surface area (Å²) in [6.07, 6.45) is 4.54. The Hall–Kier alpha value is -2.44. The van der Waals surface area contributed by atoms with E-state index in [-0.39, 0.29) is 23.8 Å². The molecule has 138 valence electrons. The Balaban J connectivity index is 1.39. The first kappa shape index (κ1) is 17.0. The number of carboxylic acids is 1. The largest absolute Gasteiger partial charge is 0.481 e. The molecule has 0 radical (unpaired) electrons. The van der Waals surface area contributed by atoms with E-state index in [1.54, 1.807) is 0 Å². The number of rotatable bonds is 3. The van der Waals surface area contributed by atoms with Gasteiger partial charge in [0.15, 0.2) is 0 Å². The molecule has 1 amide bonds. The van der Waals surface area contributed by atoms with Crippen molar-refractivity contribution in [2.24, 2.45) is 11.8 Å². The van der Waals surface area contributed by atoms with Gasteiger partial charge in [-0.15, -0.1) is 5.10 Å². The molecule has 7 heteroatoms. The van der Waals surface area contributed by atoms with E-state index in [1.165, 1.54) is 0 Å². The van der Waals surface area contributed by atoms with E-state index in [4.69, 9.17) is 0 Å². The fourth-order valence-electron chi connectivity index (χ4n) is 4.38. The van der Waals surface area contributed by atoms with E-state index in [2.05, 4.69) is 10.3 Å². The molecule has 0 spiro atoms. The Bertz CT molecular complexity index is 810. The number of amides is 1. The van der Waals surface area contributed by atoms with Gasteiger partial charge in [-0.2, -0.15) is 0 Å². The van der Waals surface area contributed by atoms with Crippen LogP contribution in [0.1, 0.15) is 44.6 Å². The summed E-state index contributed by atoms with van der Waals surface area (Å²) in [5.41, 5.74) is 1.93. The van der Waals surface area contributed by atoms with Crippen molar-refractivity contribution in [1.82, 2.24) is 19.9 Å². The quantitative estimate of drug-likeness (QED) is 0.913. The van der Waals surface area contributed by atoms with E-state index in [0.717, 1.165) is 36.7 Å². The second-order valence-corrected chi connectivity index (χ2v) is 7.48. The number of benzene rings is 1. The average Bonchev–Trinajstić information content (AvgIpc) is 3.12. The number of para-hydroxylation sites is 1. The van der Waals surface area contributed by atoms with Crippen molar-refractivity contribution < 1.29 is 14.7 Å². The lowest BCUT2D eigenvalue weighted by atomic mass is 9.80. The van der Waals surface area contributed by atoms with Crippen LogP contribution in [0, 0.1) is 11.8 Å². The molecule has 2 heterocycles. The maximum atomic E-state index is 12.8. The van der Waals surface area contributed by atoms with Crippen molar-refractivity contribution in [3.8, 4) is 0 Å². The van der Waals surface area contributed by atoms with Gasteiger partial charge < -0.3 is 10.0 Å². The Kier molecular flexibility index (Phi) is 4.61. The summed E-state index contributed by atoms with van der Waals surface area (Å²) in [6.45, 7) is 1.40. The molecule has 1 N–H and O–H groups in total. The number of carbonyl (C=O) groups is 2. The number of fused-ring (bicyclic) bond motifs is 1. The Labute approximate surface area is 152 Å². The molecule has 1 aliphatic carbocycles. The fraction of sp³-hybridized carbons (Fsp3) is 0.579. The molecule has 1 saturated carbocycles. The number of carbonyl (C=O) groups excluding carboxylic acids is 1. The summed E-state index contributed by atoms with van der Waals surface area (Å²) in [6, 6.07) is 8.19. The minimum absolute atomic E-state index is 0.131. The van der Waals surface area contributed by atoms with Crippen LogP contribution in [-0.4, -0.2) is 50.0 Å². The molecule has 2 fully saturated rings. The number of hydrogen-bond donors (Lipinski definition) is 1. The maximum Gasteiger partial charge on any atom is 0.306 e. The SMILES string of the molecule is O=C(O)[C@H]1CCC[C@@H](C(=O)N2CCC(n3nnc4ccccc43)CC2)C1. The standard InChI is InChI=1S/C19H24N4O3/c24-18(13-4-3-5-14(12-13)19(25)26)22-10-8-15(9-11-22)23-17-7-2-1-6-16(17)20-21-23/h1-2,6-7,13-15H,3-5,8-12H2,(H,25,26)/t13-,14+/m1/s1. The lowest BCUT2D eigenvalue weighted by Gasteiger charge is -2.36. The zero-order valence-electron chi connectivity index (χ0n) is 14.8. The van der Waals surface area contributed by atoms with Crippen LogP contribution < -0.4 is 0 Å². The van der Waals surface area contributed by atoms with Gasteiger partial charge in [-0.05, 0) is 44.2 Å². The van der Waals surface area contributed by atoms with E-state index >= 15 is 0 Å². The number of piperidine rings is 1. The van der Waals surface area contributed by atoms with Crippen LogP contribution >= 0.6 is 0 Å². The van der Waals surface area contributed by atoms with Crippen LogP contribution in [0.25, 0.3) is 11.0 Å².